The normalized spacial score (nSPS) is 14.3. The summed E-state index contributed by atoms with van der Waals surface area (Å²) < 4.78 is 20.7. The number of methoxy groups -OCH3 is 1. The minimum Gasteiger partial charge on any atom is -0.494 e. The molecule has 1 aliphatic rings. The number of hydrogen-bond donors (Lipinski definition) is 2. The third-order valence-corrected chi connectivity index (χ3v) is 5.36. The molecule has 0 saturated heterocycles. The second kappa shape index (κ2) is 9.59. The Morgan fingerprint density at radius 1 is 1.16 bits per heavy atom. The minimum absolute atomic E-state index is 0.177. The Hall–Kier alpha value is -3.43. The fourth-order valence-corrected chi connectivity index (χ4v) is 3.79. The second-order valence-electron chi connectivity index (χ2n) is 7.72. The maximum atomic E-state index is 14.1. The Balaban J connectivity index is 1.58. The molecule has 0 atom stereocenters. The lowest BCUT2D eigenvalue weighted by atomic mass is 9.89. The molecule has 2 aromatic heterocycles. The van der Waals surface area contributed by atoms with Crippen molar-refractivity contribution in [2.75, 3.05) is 36.3 Å². The Bertz CT molecular complexity index is 991. The number of anilines is 4. The van der Waals surface area contributed by atoms with Crippen LogP contribution in [0.25, 0.3) is 0 Å². The van der Waals surface area contributed by atoms with E-state index in [0.29, 0.717) is 29.5 Å². The van der Waals surface area contributed by atoms with Crippen molar-refractivity contribution in [1.29, 1.82) is 0 Å². The lowest BCUT2D eigenvalue weighted by molar-refractivity contribution is 0.361. The molecule has 0 aliphatic heterocycles. The lowest BCUT2D eigenvalue weighted by Crippen LogP contribution is -2.29. The summed E-state index contributed by atoms with van der Waals surface area (Å²) in [5.74, 6) is 1.56. The fourth-order valence-electron chi connectivity index (χ4n) is 3.79. The van der Waals surface area contributed by atoms with Crippen LogP contribution in [0.4, 0.5) is 27.9 Å². The molecule has 4 rings (SSSR count). The van der Waals surface area contributed by atoms with E-state index in [2.05, 4.69) is 35.6 Å². The first-order valence-electron chi connectivity index (χ1n) is 10.4. The molecule has 3 aromatic rings. The zero-order valence-electron chi connectivity index (χ0n) is 17.8. The van der Waals surface area contributed by atoms with Gasteiger partial charge in [0.1, 0.15) is 6.33 Å². The van der Waals surface area contributed by atoms with Gasteiger partial charge < -0.3 is 15.0 Å². The predicted molar refractivity (Wildman–Crippen MR) is 117 cm³/mol. The number of ether oxygens (including phenoxy) is 1. The van der Waals surface area contributed by atoms with Gasteiger partial charge in [-0.2, -0.15) is 15.0 Å². The summed E-state index contributed by atoms with van der Waals surface area (Å²) in [6, 6.07) is 4.61. The molecule has 1 aromatic carbocycles. The smallest absolute Gasteiger partial charge is 0.248 e. The summed E-state index contributed by atoms with van der Waals surface area (Å²) in [5, 5.41) is 3.07. The first-order chi connectivity index (χ1) is 15.1. The highest BCUT2D eigenvalue weighted by Gasteiger charge is 2.18. The van der Waals surface area contributed by atoms with E-state index < -0.39 is 5.82 Å². The summed E-state index contributed by atoms with van der Waals surface area (Å²) in [6.45, 7) is 0.880. The van der Waals surface area contributed by atoms with Gasteiger partial charge in [0.05, 0.1) is 7.11 Å². The highest BCUT2D eigenvalue weighted by Crippen LogP contribution is 2.26. The van der Waals surface area contributed by atoms with Gasteiger partial charge in [0, 0.05) is 37.7 Å². The molecule has 0 spiro atoms. The van der Waals surface area contributed by atoms with Crippen molar-refractivity contribution in [3.05, 3.63) is 42.7 Å². The third-order valence-electron chi connectivity index (χ3n) is 5.36. The van der Waals surface area contributed by atoms with Gasteiger partial charge >= 0.3 is 0 Å². The van der Waals surface area contributed by atoms with Crippen LogP contribution >= 0.6 is 0 Å². The number of hydrogen-bond acceptors (Lipinski definition) is 8. The maximum Gasteiger partial charge on any atom is 0.248 e. The molecular formula is C21H27FN8O. The highest BCUT2D eigenvalue weighted by molar-refractivity contribution is 5.57. The topological polar surface area (TPSA) is 93.0 Å². The Labute approximate surface area is 180 Å². The van der Waals surface area contributed by atoms with Gasteiger partial charge in [0.2, 0.25) is 17.8 Å². The molecular weight excluding hydrogens is 399 g/mol. The van der Waals surface area contributed by atoms with Crippen LogP contribution in [0.3, 0.4) is 0 Å². The van der Waals surface area contributed by atoms with Crippen LogP contribution in [0.2, 0.25) is 0 Å². The quantitative estimate of drug-likeness (QED) is 0.561. The van der Waals surface area contributed by atoms with E-state index in [4.69, 9.17) is 4.74 Å². The zero-order valence-corrected chi connectivity index (χ0v) is 17.8. The average Bonchev–Trinajstić information content (AvgIpc) is 3.27. The first-order valence-corrected chi connectivity index (χ1v) is 10.4. The average molecular weight is 427 g/mol. The molecule has 1 saturated carbocycles. The summed E-state index contributed by atoms with van der Waals surface area (Å²) >= 11 is 0. The van der Waals surface area contributed by atoms with Crippen molar-refractivity contribution in [3.8, 4) is 5.75 Å². The first kappa shape index (κ1) is 20.8. The van der Waals surface area contributed by atoms with Crippen LogP contribution in [-0.4, -0.2) is 45.3 Å². The fraction of sp³-hybridized carbons (Fsp3) is 0.429. The summed E-state index contributed by atoms with van der Waals surface area (Å²) in [6.07, 6.45) is 11.3. The van der Waals surface area contributed by atoms with Gasteiger partial charge in [-0.05, 0) is 30.9 Å². The molecule has 31 heavy (non-hydrogen) atoms. The van der Waals surface area contributed by atoms with Crippen molar-refractivity contribution in [1.82, 2.24) is 24.6 Å². The second-order valence-corrected chi connectivity index (χ2v) is 7.72. The van der Waals surface area contributed by atoms with Gasteiger partial charge in [-0.15, -0.1) is 0 Å². The number of aromatic nitrogens is 5. The van der Waals surface area contributed by atoms with Gasteiger partial charge in [-0.25, -0.2) is 14.1 Å². The van der Waals surface area contributed by atoms with Crippen LogP contribution < -0.4 is 20.4 Å². The number of rotatable bonds is 8. The van der Waals surface area contributed by atoms with Crippen molar-refractivity contribution < 1.29 is 9.13 Å². The van der Waals surface area contributed by atoms with E-state index in [1.54, 1.807) is 35.5 Å². The minimum atomic E-state index is -0.465. The summed E-state index contributed by atoms with van der Waals surface area (Å²) in [7, 11) is 3.42. The Kier molecular flexibility index (Phi) is 6.44. The van der Waals surface area contributed by atoms with Crippen LogP contribution in [0.15, 0.2) is 36.9 Å². The van der Waals surface area contributed by atoms with E-state index in [9.17, 15) is 4.39 Å². The lowest BCUT2D eigenvalue weighted by Gasteiger charge is -2.27. The van der Waals surface area contributed by atoms with Crippen LogP contribution in [-0.2, 0) is 0 Å². The van der Waals surface area contributed by atoms with Gasteiger partial charge in [0.15, 0.2) is 11.6 Å². The number of benzene rings is 1. The van der Waals surface area contributed by atoms with E-state index >= 15 is 0 Å². The molecule has 2 N–H and O–H groups in total. The van der Waals surface area contributed by atoms with E-state index in [1.165, 1.54) is 45.3 Å². The van der Waals surface area contributed by atoms with Crippen molar-refractivity contribution in [2.24, 2.45) is 5.92 Å². The van der Waals surface area contributed by atoms with E-state index in [0.717, 1.165) is 6.54 Å². The molecule has 9 nitrogen and oxygen atoms in total. The van der Waals surface area contributed by atoms with Crippen LogP contribution in [0.5, 0.6) is 5.75 Å². The molecule has 0 unspecified atom stereocenters. The Morgan fingerprint density at radius 2 is 1.97 bits per heavy atom. The molecule has 1 aliphatic carbocycles. The highest BCUT2D eigenvalue weighted by atomic mass is 19.1. The van der Waals surface area contributed by atoms with Crippen LogP contribution in [0.1, 0.15) is 32.1 Å². The van der Waals surface area contributed by atoms with E-state index in [-0.39, 0.29) is 5.75 Å². The standard InChI is InChI=1S/C21H27FN8O/c1-29(13-15-6-4-3-5-7-15)21-26-19(24-16-8-9-18(31-2)17(22)12-16)25-20(27-21)28-30-11-10-23-14-30/h8-12,14-15H,3-7,13H2,1-2H3,(H2,24,25,26,27,28). The largest absolute Gasteiger partial charge is 0.494 e. The molecule has 10 heteroatoms. The van der Waals surface area contributed by atoms with Crippen molar-refractivity contribution >= 4 is 23.5 Å². The third kappa shape index (κ3) is 5.39. The van der Waals surface area contributed by atoms with E-state index in [1.807, 2.05) is 7.05 Å². The molecule has 1 fully saturated rings. The number of imidazole rings is 1. The predicted octanol–water partition coefficient (Wildman–Crippen LogP) is 3.85. The summed E-state index contributed by atoms with van der Waals surface area (Å²) in [4.78, 5) is 19.6. The van der Waals surface area contributed by atoms with Gasteiger partial charge in [-0.3, -0.25) is 5.43 Å². The molecule has 164 valence electrons. The zero-order chi connectivity index (χ0) is 21.6. The van der Waals surface area contributed by atoms with Crippen molar-refractivity contribution in [2.45, 2.75) is 32.1 Å². The maximum absolute atomic E-state index is 14.1. The number of nitrogens with zero attached hydrogens (tertiary/aromatic N) is 6. The molecule has 0 radical (unpaired) electrons. The monoisotopic (exact) mass is 426 g/mol. The van der Waals surface area contributed by atoms with Gasteiger partial charge in [-0.1, -0.05) is 19.3 Å². The molecule has 0 amide bonds. The van der Waals surface area contributed by atoms with Crippen LogP contribution in [0, 0.1) is 11.7 Å². The Morgan fingerprint density at radius 3 is 2.68 bits per heavy atom. The number of nitrogens with one attached hydrogen (secondary N) is 2. The molecule has 0 bridgehead atoms. The number of halogens is 1. The SMILES string of the molecule is COc1ccc(Nc2nc(Nn3ccnc3)nc(N(C)CC3CCCCC3)n2)cc1F. The summed E-state index contributed by atoms with van der Waals surface area (Å²) in [5.41, 5.74) is 3.58. The van der Waals surface area contributed by atoms with Crippen molar-refractivity contribution in [3.63, 3.8) is 0 Å². The molecule has 2 heterocycles. The van der Waals surface area contributed by atoms with Gasteiger partial charge in [0.25, 0.3) is 0 Å².